The molecule has 11 nitrogen and oxygen atoms in total. The van der Waals surface area contributed by atoms with Crippen molar-refractivity contribution in [3.8, 4) is 22.3 Å². The summed E-state index contributed by atoms with van der Waals surface area (Å²) in [6.07, 6.45) is 1.16. The maximum absolute atomic E-state index is 13.4. The van der Waals surface area contributed by atoms with Crippen molar-refractivity contribution in [1.29, 1.82) is 0 Å². The summed E-state index contributed by atoms with van der Waals surface area (Å²) >= 11 is 0. The van der Waals surface area contributed by atoms with Crippen LogP contribution in [0, 0.1) is 0 Å². The van der Waals surface area contributed by atoms with Crippen molar-refractivity contribution >= 4 is 24.1 Å². The van der Waals surface area contributed by atoms with Crippen molar-refractivity contribution < 1.29 is 33.8 Å². The molecule has 2 atom stereocenters. The lowest BCUT2D eigenvalue weighted by atomic mass is 9.98. The molecule has 0 heterocycles. The number of carbonyl (C=O) groups is 4. The predicted octanol–water partition coefficient (Wildman–Crippen LogP) is 6.30. The number of amides is 3. The minimum atomic E-state index is -1.16. The molecule has 0 aromatic heterocycles. The third-order valence-electron chi connectivity index (χ3n) is 10.0. The van der Waals surface area contributed by atoms with Crippen molar-refractivity contribution in [3.63, 3.8) is 0 Å². The van der Waals surface area contributed by atoms with Crippen molar-refractivity contribution in [3.05, 3.63) is 119 Å². The molecule has 0 bridgehead atoms. The monoisotopic (exact) mass is 718 g/mol. The van der Waals surface area contributed by atoms with E-state index in [-0.39, 0.29) is 44.4 Å². The average Bonchev–Trinajstić information content (AvgIpc) is 3.67. The van der Waals surface area contributed by atoms with Crippen LogP contribution in [0.1, 0.15) is 72.6 Å². The second-order valence-electron chi connectivity index (χ2n) is 13.5. The third kappa shape index (κ3) is 8.86. The van der Waals surface area contributed by atoms with E-state index in [0.29, 0.717) is 32.2 Å². The Morgan fingerprint density at radius 2 is 1.02 bits per heavy atom. The molecule has 0 spiro atoms. The average molecular weight is 719 g/mol. The first-order valence-corrected chi connectivity index (χ1v) is 18.3. The highest BCUT2D eigenvalue weighted by Crippen LogP contribution is 2.45. The normalized spacial score (nSPS) is 13.8. The van der Waals surface area contributed by atoms with Gasteiger partial charge in [0.05, 0.1) is 0 Å². The van der Waals surface area contributed by atoms with E-state index in [2.05, 4.69) is 40.2 Å². The van der Waals surface area contributed by atoms with Gasteiger partial charge in [-0.25, -0.2) is 14.4 Å². The van der Waals surface area contributed by atoms with E-state index in [1.54, 1.807) is 0 Å². The van der Waals surface area contributed by atoms with Gasteiger partial charge in [-0.2, -0.15) is 0 Å². The minimum absolute atomic E-state index is 0.0543. The van der Waals surface area contributed by atoms with Crippen LogP contribution >= 0.6 is 0 Å². The smallest absolute Gasteiger partial charge is 0.407 e. The predicted molar refractivity (Wildman–Crippen MR) is 201 cm³/mol. The molecule has 0 aliphatic heterocycles. The van der Waals surface area contributed by atoms with Crippen LogP contribution in [0.4, 0.5) is 9.59 Å². The Labute approximate surface area is 309 Å². The van der Waals surface area contributed by atoms with Gasteiger partial charge in [-0.1, -0.05) is 97.1 Å². The number of benzene rings is 4. The topological polar surface area (TPSA) is 169 Å². The summed E-state index contributed by atoms with van der Waals surface area (Å²) in [6, 6.07) is 30.0. The number of carboxylic acids is 1. The van der Waals surface area contributed by atoms with Gasteiger partial charge in [-0.05, 0) is 89.6 Å². The molecule has 3 amide bonds. The van der Waals surface area contributed by atoms with Crippen LogP contribution in [0.2, 0.25) is 0 Å². The van der Waals surface area contributed by atoms with E-state index in [0.717, 1.165) is 44.5 Å². The first-order chi connectivity index (χ1) is 25.9. The Morgan fingerprint density at radius 1 is 0.585 bits per heavy atom. The molecule has 0 radical (unpaired) electrons. The number of nitrogens with two attached hydrogens (primary N) is 1. The zero-order chi connectivity index (χ0) is 37.2. The maximum atomic E-state index is 13.4. The van der Waals surface area contributed by atoms with Gasteiger partial charge in [0.15, 0.2) is 0 Å². The number of unbranched alkanes of at least 4 members (excludes halogenated alkanes) is 2. The molecule has 6 rings (SSSR count). The Bertz CT molecular complexity index is 1840. The third-order valence-corrected chi connectivity index (χ3v) is 10.0. The van der Waals surface area contributed by atoms with E-state index in [1.807, 2.05) is 72.8 Å². The van der Waals surface area contributed by atoms with Crippen LogP contribution in [-0.4, -0.2) is 67.6 Å². The molecule has 2 aliphatic carbocycles. The van der Waals surface area contributed by atoms with Gasteiger partial charge in [0, 0.05) is 18.4 Å². The Hall–Kier alpha value is -5.68. The summed E-state index contributed by atoms with van der Waals surface area (Å²) in [6.45, 7) is 0.959. The number of aliphatic carboxylic acids is 1. The minimum Gasteiger partial charge on any atom is -0.480 e. The summed E-state index contributed by atoms with van der Waals surface area (Å²) in [5.74, 6) is -2.00. The van der Waals surface area contributed by atoms with E-state index in [1.165, 1.54) is 0 Å². The van der Waals surface area contributed by atoms with Crippen LogP contribution < -0.4 is 21.7 Å². The number of hydrogen-bond donors (Lipinski definition) is 5. The van der Waals surface area contributed by atoms with E-state index in [9.17, 15) is 24.3 Å². The first-order valence-electron chi connectivity index (χ1n) is 18.3. The molecular weight excluding hydrogens is 672 g/mol. The maximum Gasteiger partial charge on any atom is 0.407 e. The van der Waals surface area contributed by atoms with Crippen LogP contribution in [0.15, 0.2) is 97.1 Å². The molecule has 11 heteroatoms. The van der Waals surface area contributed by atoms with Crippen molar-refractivity contribution in [1.82, 2.24) is 16.0 Å². The Kier molecular flexibility index (Phi) is 12.4. The highest BCUT2D eigenvalue weighted by atomic mass is 16.6. The fourth-order valence-electron chi connectivity index (χ4n) is 7.39. The van der Waals surface area contributed by atoms with Crippen molar-refractivity contribution in [2.24, 2.45) is 5.73 Å². The Balaban J connectivity index is 1.01. The summed E-state index contributed by atoms with van der Waals surface area (Å²) in [5, 5.41) is 17.8. The van der Waals surface area contributed by atoms with Crippen molar-refractivity contribution in [2.75, 3.05) is 26.3 Å². The summed E-state index contributed by atoms with van der Waals surface area (Å²) in [5.41, 5.74) is 14.4. The Morgan fingerprint density at radius 3 is 1.49 bits per heavy atom. The SMILES string of the molecule is NCCCC[C@@H](NC(=O)[C@@H](CCCCNC(=O)OCC1c2ccccc2-c2ccccc21)NC(=O)OCC1c2ccccc2-c2ccccc21)C(=O)O. The fourth-order valence-corrected chi connectivity index (χ4v) is 7.39. The number of ether oxygens (including phenoxy) is 2. The van der Waals surface area contributed by atoms with Gasteiger partial charge < -0.3 is 36.3 Å². The second-order valence-corrected chi connectivity index (χ2v) is 13.5. The van der Waals surface area contributed by atoms with Crippen LogP contribution in [0.3, 0.4) is 0 Å². The number of alkyl carbamates (subject to hydrolysis) is 2. The summed E-state index contributed by atoms with van der Waals surface area (Å²) in [4.78, 5) is 51.2. The molecule has 4 aromatic rings. The number of nitrogens with one attached hydrogen (secondary N) is 3. The molecule has 53 heavy (non-hydrogen) atoms. The van der Waals surface area contributed by atoms with Gasteiger partial charge >= 0.3 is 18.2 Å². The highest BCUT2D eigenvalue weighted by molar-refractivity contribution is 5.89. The molecule has 0 saturated heterocycles. The number of fused-ring (bicyclic) bond motifs is 6. The van der Waals surface area contributed by atoms with E-state index < -0.39 is 36.1 Å². The highest BCUT2D eigenvalue weighted by Gasteiger charge is 2.31. The van der Waals surface area contributed by atoms with Gasteiger partial charge in [0.25, 0.3) is 0 Å². The first kappa shape index (κ1) is 37.1. The lowest BCUT2D eigenvalue weighted by molar-refractivity contribution is -0.142. The molecule has 0 unspecified atom stereocenters. The zero-order valence-corrected chi connectivity index (χ0v) is 29.6. The van der Waals surface area contributed by atoms with Crippen molar-refractivity contribution in [2.45, 2.75) is 62.4 Å². The van der Waals surface area contributed by atoms with Crippen LogP contribution in [0.5, 0.6) is 0 Å². The quantitative estimate of drug-likeness (QED) is 0.0793. The molecular formula is C42H46N4O7. The lowest BCUT2D eigenvalue weighted by Gasteiger charge is -2.22. The van der Waals surface area contributed by atoms with E-state index in [4.69, 9.17) is 15.2 Å². The zero-order valence-electron chi connectivity index (χ0n) is 29.6. The molecule has 2 aliphatic rings. The van der Waals surface area contributed by atoms with Gasteiger partial charge in [-0.15, -0.1) is 0 Å². The number of rotatable bonds is 17. The van der Waals surface area contributed by atoms with Crippen LogP contribution in [-0.2, 0) is 19.1 Å². The molecule has 0 fully saturated rings. The summed E-state index contributed by atoms with van der Waals surface area (Å²) in [7, 11) is 0. The second kappa shape index (κ2) is 17.7. The van der Waals surface area contributed by atoms with Gasteiger partial charge in [0.2, 0.25) is 5.91 Å². The number of hydrogen-bond acceptors (Lipinski definition) is 7. The van der Waals surface area contributed by atoms with Crippen LogP contribution in [0.25, 0.3) is 22.3 Å². The molecule has 4 aromatic carbocycles. The molecule has 0 saturated carbocycles. The standard InChI is InChI=1S/C42H46N4O7/c43-23-11-9-22-38(40(48)49)45-39(47)37(46-42(51)53-26-36-33-19-7-3-15-29(33)30-16-4-8-20-34(30)36)21-10-12-24-44-41(50)52-25-35-31-17-5-1-13-27(31)28-14-2-6-18-32(28)35/h1-8,13-20,35-38H,9-12,21-26,43H2,(H,44,50)(H,45,47)(H,46,51)(H,48,49)/t37-,38-/m1/s1. The van der Waals surface area contributed by atoms with Gasteiger partial charge in [-0.3, -0.25) is 4.79 Å². The number of carboxylic acid groups (broad SMARTS) is 1. The molecule has 6 N–H and O–H groups in total. The lowest BCUT2D eigenvalue weighted by Crippen LogP contribution is -2.51. The summed E-state index contributed by atoms with van der Waals surface area (Å²) < 4.78 is 11.3. The molecule has 276 valence electrons. The van der Waals surface area contributed by atoms with E-state index >= 15 is 0 Å². The number of carbonyl (C=O) groups excluding carboxylic acids is 3. The fraction of sp³-hybridized carbons (Fsp3) is 0.333. The largest absolute Gasteiger partial charge is 0.480 e. The van der Waals surface area contributed by atoms with Gasteiger partial charge in [0.1, 0.15) is 25.3 Å².